The first kappa shape index (κ1) is 9.37. The Hall–Kier alpha value is -0.630. The van der Waals surface area contributed by atoms with Crippen molar-refractivity contribution in [2.75, 3.05) is 6.61 Å². The molecule has 0 amide bonds. The third kappa shape index (κ3) is 4.27. The van der Waals surface area contributed by atoms with Crippen LogP contribution in [-0.2, 0) is 4.79 Å². The Labute approximate surface area is 61.6 Å². The molecular formula is C8H14O2. The van der Waals surface area contributed by atoms with E-state index >= 15 is 0 Å². The van der Waals surface area contributed by atoms with Crippen LogP contribution in [0.1, 0.15) is 26.7 Å². The molecule has 0 saturated heterocycles. The number of carbonyl (C=O) groups is 1. The fourth-order valence-corrected chi connectivity index (χ4v) is 0.559. The molecule has 0 bridgehead atoms. The summed E-state index contributed by atoms with van der Waals surface area (Å²) in [5.74, 6) is 0.0156. The van der Waals surface area contributed by atoms with E-state index in [2.05, 4.69) is 0 Å². The summed E-state index contributed by atoms with van der Waals surface area (Å²) in [5.41, 5.74) is 1.07. The average molecular weight is 142 g/mol. The lowest BCUT2D eigenvalue weighted by Crippen LogP contribution is -1.96. The van der Waals surface area contributed by atoms with Crippen LogP contribution in [0, 0.1) is 0 Å². The quantitative estimate of drug-likeness (QED) is 0.600. The minimum absolute atomic E-state index is 0.0156. The second kappa shape index (κ2) is 5.18. The van der Waals surface area contributed by atoms with Gasteiger partial charge in [0.15, 0.2) is 5.78 Å². The van der Waals surface area contributed by atoms with Crippen molar-refractivity contribution in [3.8, 4) is 0 Å². The zero-order valence-electron chi connectivity index (χ0n) is 6.55. The topological polar surface area (TPSA) is 37.3 Å². The maximum atomic E-state index is 10.8. The molecular weight excluding hydrogens is 128 g/mol. The monoisotopic (exact) mass is 142 g/mol. The van der Waals surface area contributed by atoms with Crippen molar-refractivity contribution < 1.29 is 9.90 Å². The number of aliphatic hydroxyl groups excluding tert-OH is 1. The fourth-order valence-electron chi connectivity index (χ4n) is 0.559. The second-order valence-electron chi connectivity index (χ2n) is 2.28. The van der Waals surface area contributed by atoms with Crippen molar-refractivity contribution in [2.24, 2.45) is 0 Å². The molecule has 0 aliphatic heterocycles. The van der Waals surface area contributed by atoms with Crippen LogP contribution in [0.2, 0.25) is 0 Å². The first-order valence-electron chi connectivity index (χ1n) is 3.51. The third-order valence-electron chi connectivity index (χ3n) is 1.32. The molecule has 0 unspecified atom stereocenters. The van der Waals surface area contributed by atoms with Crippen molar-refractivity contribution >= 4 is 5.78 Å². The first-order valence-corrected chi connectivity index (χ1v) is 3.51. The van der Waals surface area contributed by atoms with Crippen LogP contribution < -0.4 is 0 Å². The maximum absolute atomic E-state index is 10.8. The highest BCUT2D eigenvalue weighted by Gasteiger charge is 1.94. The molecule has 0 saturated carbocycles. The lowest BCUT2D eigenvalue weighted by Gasteiger charge is -1.93. The second-order valence-corrected chi connectivity index (χ2v) is 2.28. The Morgan fingerprint density at radius 2 is 2.20 bits per heavy atom. The van der Waals surface area contributed by atoms with E-state index in [9.17, 15) is 4.79 Å². The third-order valence-corrected chi connectivity index (χ3v) is 1.32. The molecule has 0 aliphatic rings. The zero-order chi connectivity index (χ0) is 7.98. The first-order chi connectivity index (χ1) is 4.70. The molecule has 2 heteroatoms. The van der Waals surface area contributed by atoms with Gasteiger partial charge in [0.2, 0.25) is 0 Å². The fraction of sp³-hybridized carbons (Fsp3) is 0.625. The summed E-state index contributed by atoms with van der Waals surface area (Å²) >= 11 is 0. The van der Waals surface area contributed by atoms with E-state index in [0.717, 1.165) is 12.0 Å². The summed E-state index contributed by atoms with van der Waals surface area (Å²) in [6.07, 6.45) is 2.74. The van der Waals surface area contributed by atoms with Gasteiger partial charge in [0, 0.05) is 6.42 Å². The molecule has 0 fully saturated rings. The molecule has 2 nitrogen and oxygen atoms in total. The van der Waals surface area contributed by atoms with Crippen molar-refractivity contribution in [1.29, 1.82) is 0 Å². The van der Waals surface area contributed by atoms with Gasteiger partial charge in [-0.1, -0.05) is 12.5 Å². The molecule has 0 aliphatic carbocycles. The largest absolute Gasteiger partial charge is 0.396 e. The Morgan fingerprint density at radius 1 is 1.60 bits per heavy atom. The Morgan fingerprint density at radius 3 is 2.60 bits per heavy atom. The van der Waals surface area contributed by atoms with E-state index < -0.39 is 0 Å². The van der Waals surface area contributed by atoms with Gasteiger partial charge >= 0.3 is 0 Å². The molecule has 0 aromatic rings. The van der Waals surface area contributed by atoms with Crippen molar-refractivity contribution in [2.45, 2.75) is 26.7 Å². The van der Waals surface area contributed by atoms with Crippen LogP contribution in [-0.4, -0.2) is 17.5 Å². The van der Waals surface area contributed by atoms with Gasteiger partial charge < -0.3 is 5.11 Å². The van der Waals surface area contributed by atoms with Gasteiger partial charge in [-0.15, -0.1) is 0 Å². The SMILES string of the molecule is CCC(C)=CC(=O)CCO. The Bertz CT molecular complexity index is 136. The molecule has 58 valence electrons. The van der Waals surface area contributed by atoms with Crippen LogP contribution >= 0.6 is 0 Å². The lowest BCUT2D eigenvalue weighted by atomic mass is 10.1. The van der Waals surface area contributed by atoms with Gasteiger partial charge in [-0.25, -0.2) is 0 Å². The molecule has 0 aromatic heterocycles. The Balaban J connectivity index is 3.75. The molecule has 0 aromatic carbocycles. The molecule has 10 heavy (non-hydrogen) atoms. The van der Waals surface area contributed by atoms with Gasteiger partial charge in [-0.3, -0.25) is 4.79 Å². The number of ketones is 1. The van der Waals surface area contributed by atoms with Crippen LogP contribution in [0.3, 0.4) is 0 Å². The lowest BCUT2D eigenvalue weighted by molar-refractivity contribution is -0.115. The summed E-state index contributed by atoms with van der Waals surface area (Å²) in [6.45, 7) is 3.86. The minimum atomic E-state index is -0.0493. The van der Waals surface area contributed by atoms with E-state index in [1.54, 1.807) is 6.08 Å². The molecule has 0 atom stereocenters. The predicted octanol–water partition coefficient (Wildman–Crippen LogP) is 1.29. The van der Waals surface area contributed by atoms with Gasteiger partial charge in [-0.2, -0.15) is 0 Å². The van der Waals surface area contributed by atoms with E-state index in [1.807, 2.05) is 13.8 Å². The average Bonchev–Trinajstić information content (AvgIpc) is 1.88. The van der Waals surface area contributed by atoms with Gasteiger partial charge in [0.1, 0.15) is 0 Å². The maximum Gasteiger partial charge on any atom is 0.157 e. The zero-order valence-corrected chi connectivity index (χ0v) is 6.55. The Kier molecular flexibility index (Phi) is 4.85. The molecule has 0 radical (unpaired) electrons. The summed E-state index contributed by atoms with van der Waals surface area (Å²) in [5, 5.41) is 8.37. The number of allylic oxidation sites excluding steroid dienone is 2. The van der Waals surface area contributed by atoms with E-state index in [-0.39, 0.29) is 18.8 Å². The normalized spacial score (nSPS) is 11.7. The highest BCUT2D eigenvalue weighted by Crippen LogP contribution is 1.98. The molecule has 0 spiro atoms. The summed E-state index contributed by atoms with van der Waals surface area (Å²) < 4.78 is 0. The standard InChI is InChI=1S/C8H14O2/c1-3-7(2)6-8(10)4-5-9/h6,9H,3-5H2,1-2H3. The van der Waals surface area contributed by atoms with Crippen molar-refractivity contribution in [1.82, 2.24) is 0 Å². The number of rotatable bonds is 4. The predicted molar refractivity (Wildman–Crippen MR) is 40.8 cm³/mol. The summed E-state index contributed by atoms with van der Waals surface area (Å²) in [7, 11) is 0. The highest BCUT2D eigenvalue weighted by molar-refractivity contribution is 5.90. The van der Waals surface area contributed by atoms with Gasteiger partial charge in [-0.05, 0) is 19.4 Å². The summed E-state index contributed by atoms with van der Waals surface area (Å²) in [6, 6.07) is 0. The molecule has 0 heterocycles. The van der Waals surface area contributed by atoms with E-state index in [1.165, 1.54) is 0 Å². The number of hydrogen-bond acceptors (Lipinski definition) is 2. The van der Waals surface area contributed by atoms with Gasteiger partial charge in [0.05, 0.1) is 6.61 Å². The van der Waals surface area contributed by atoms with Crippen LogP contribution in [0.5, 0.6) is 0 Å². The van der Waals surface area contributed by atoms with Crippen LogP contribution in [0.25, 0.3) is 0 Å². The minimum Gasteiger partial charge on any atom is -0.396 e. The van der Waals surface area contributed by atoms with Crippen LogP contribution in [0.15, 0.2) is 11.6 Å². The van der Waals surface area contributed by atoms with Crippen molar-refractivity contribution in [3.63, 3.8) is 0 Å². The summed E-state index contributed by atoms with van der Waals surface area (Å²) in [4.78, 5) is 10.8. The van der Waals surface area contributed by atoms with E-state index in [4.69, 9.17) is 5.11 Å². The highest BCUT2D eigenvalue weighted by atomic mass is 16.3. The number of hydrogen-bond donors (Lipinski definition) is 1. The number of carbonyl (C=O) groups excluding carboxylic acids is 1. The smallest absolute Gasteiger partial charge is 0.157 e. The van der Waals surface area contributed by atoms with Gasteiger partial charge in [0.25, 0.3) is 0 Å². The molecule has 0 rings (SSSR count). The van der Waals surface area contributed by atoms with Crippen LogP contribution in [0.4, 0.5) is 0 Å². The molecule has 1 N–H and O–H groups in total. The number of aliphatic hydroxyl groups is 1. The van der Waals surface area contributed by atoms with E-state index in [0.29, 0.717) is 0 Å². The van der Waals surface area contributed by atoms with Crippen molar-refractivity contribution in [3.05, 3.63) is 11.6 Å².